The van der Waals surface area contributed by atoms with Gasteiger partial charge in [0.1, 0.15) is 29.2 Å². The molecule has 2 rings (SSSR count). The zero-order chi connectivity index (χ0) is 26.2. The van der Waals surface area contributed by atoms with E-state index in [0.29, 0.717) is 12.1 Å². The molecule has 0 saturated heterocycles. The fourth-order valence-corrected chi connectivity index (χ4v) is 10.5. The van der Waals surface area contributed by atoms with Crippen molar-refractivity contribution in [2.75, 3.05) is 40.8 Å². The van der Waals surface area contributed by atoms with Crippen LogP contribution in [0.3, 0.4) is 0 Å². The molecule has 2 aromatic rings. The highest BCUT2D eigenvalue weighted by atomic mass is 31.2. The van der Waals surface area contributed by atoms with E-state index >= 15 is 0 Å². The lowest BCUT2D eigenvalue weighted by Gasteiger charge is -2.33. The van der Waals surface area contributed by atoms with Crippen LogP contribution in [0.1, 0.15) is 52.2 Å². The average molecular weight is 504 g/mol. The molecule has 1 unspecified atom stereocenters. The molecule has 0 aromatic heterocycles. The normalized spacial score (nSPS) is 12.7. The Kier molecular flexibility index (Phi) is 10.5. The molecule has 0 aliphatic rings. The van der Waals surface area contributed by atoms with Gasteiger partial charge in [0.2, 0.25) is 0 Å². The maximum absolute atomic E-state index is 12.8. The van der Waals surface area contributed by atoms with Crippen LogP contribution in [0.25, 0.3) is 0 Å². The summed E-state index contributed by atoms with van der Waals surface area (Å²) in [6.07, 6.45) is 4.10. The number of carbonyl (C=O) groups is 1. The lowest BCUT2D eigenvalue weighted by atomic mass is 9.86. The number of hydrogen-bond donors (Lipinski definition) is 0. The van der Waals surface area contributed by atoms with Gasteiger partial charge in [-0.25, -0.2) is 0 Å². The Morgan fingerprint density at radius 3 is 1.46 bits per heavy atom. The highest BCUT2D eigenvalue weighted by Gasteiger charge is 2.44. The molecule has 6 heteroatoms. The van der Waals surface area contributed by atoms with Gasteiger partial charge in [-0.2, -0.15) is 0 Å². The SMILES string of the molecule is COc1cccc(OC)c1C[P+](CC(C)=O)(Cc1c(OC)cccc1OC)CC(C)CC(C)(C)C. The van der Waals surface area contributed by atoms with E-state index in [4.69, 9.17) is 18.9 Å². The molecule has 0 spiro atoms. The first-order valence-corrected chi connectivity index (χ1v) is 14.7. The number of ketones is 1. The van der Waals surface area contributed by atoms with Gasteiger partial charge >= 0.3 is 0 Å². The summed E-state index contributed by atoms with van der Waals surface area (Å²) in [5.74, 6) is 3.86. The number of Topliss-reactive ketones (excluding diaryl/α,β-unsaturated/α-hetero) is 1. The van der Waals surface area contributed by atoms with Gasteiger partial charge in [0.15, 0.2) is 5.78 Å². The van der Waals surface area contributed by atoms with Crippen molar-refractivity contribution in [2.24, 2.45) is 11.3 Å². The Balaban J connectivity index is 2.71. The fraction of sp³-hybridized carbons (Fsp3) is 0.552. The van der Waals surface area contributed by atoms with Crippen molar-refractivity contribution in [3.63, 3.8) is 0 Å². The second-order valence-corrected chi connectivity index (χ2v) is 14.8. The Labute approximate surface area is 212 Å². The summed E-state index contributed by atoms with van der Waals surface area (Å²) in [6, 6.07) is 11.8. The zero-order valence-corrected chi connectivity index (χ0v) is 24.0. The van der Waals surface area contributed by atoms with E-state index < -0.39 is 7.26 Å². The lowest BCUT2D eigenvalue weighted by Crippen LogP contribution is -2.22. The van der Waals surface area contributed by atoms with Crippen molar-refractivity contribution >= 4 is 13.0 Å². The molecule has 1 atom stereocenters. The van der Waals surface area contributed by atoms with Gasteiger partial charge in [0.25, 0.3) is 0 Å². The first-order chi connectivity index (χ1) is 16.5. The smallest absolute Gasteiger partial charge is 0.166 e. The predicted octanol–water partition coefficient (Wildman–Crippen LogP) is 7.10. The third-order valence-corrected chi connectivity index (χ3v) is 10.8. The highest BCUT2D eigenvalue weighted by Crippen LogP contribution is 2.68. The second-order valence-electron chi connectivity index (χ2n) is 10.9. The maximum atomic E-state index is 12.8. The predicted molar refractivity (Wildman–Crippen MR) is 147 cm³/mol. The fourth-order valence-electron chi connectivity index (χ4n) is 5.44. The Morgan fingerprint density at radius 2 is 1.17 bits per heavy atom. The van der Waals surface area contributed by atoms with Crippen molar-refractivity contribution in [2.45, 2.75) is 53.4 Å². The average Bonchev–Trinajstić information content (AvgIpc) is 2.77. The van der Waals surface area contributed by atoms with E-state index in [9.17, 15) is 4.79 Å². The Bertz CT molecular complexity index is 878. The Morgan fingerprint density at radius 1 is 0.800 bits per heavy atom. The Hall–Kier alpha value is -2.26. The van der Waals surface area contributed by atoms with Crippen LogP contribution in [0.15, 0.2) is 36.4 Å². The summed E-state index contributed by atoms with van der Waals surface area (Å²) in [6.45, 7) is 10.9. The van der Waals surface area contributed by atoms with E-state index in [2.05, 4.69) is 27.7 Å². The molecule has 35 heavy (non-hydrogen) atoms. The molecule has 0 bridgehead atoms. The molecular formula is C29H44O5P+. The van der Waals surface area contributed by atoms with Crippen LogP contribution in [-0.4, -0.2) is 46.5 Å². The molecule has 194 valence electrons. The van der Waals surface area contributed by atoms with Crippen LogP contribution in [0.5, 0.6) is 23.0 Å². The third kappa shape index (κ3) is 8.14. The molecule has 5 nitrogen and oxygen atoms in total. The van der Waals surface area contributed by atoms with Gasteiger partial charge in [-0.3, -0.25) is 4.79 Å². The van der Waals surface area contributed by atoms with Gasteiger partial charge < -0.3 is 18.9 Å². The summed E-state index contributed by atoms with van der Waals surface area (Å²) >= 11 is 0. The van der Waals surface area contributed by atoms with Crippen molar-refractivity contribution < 1.29 is 23.7 Å². The van der Waals surface area contributed by atoms with Crippen LogP contribution in [-0.2, 0) is 17.1 Å². The molecule has 0 amide bonds. The number of methoxy groups -OCH3 is 4. The maximum Gasteiger partial charge on any atom is 0.166 e. The number of ether oxygens (including phenoxy) is 4. The minimum atomic E-state index is -1.97. The first kappa shape index (κ1) is 29.0. The molecule has 0 fully saturated rings. The van der Waals surface area contributed by atoms with Crippen molar-refractivity contribution in [3.05, 3.63) is 47.5 Å². The summed E-state index contributed by atoms with van der Waals surface area (Å²) in [5, 5.41) is 0. The second kappa shape index (κ2) is 12.6. The molecule has 0 aliphatic carbocycles. The molecule has 0 aliphatic heterocycles. The van der Waals surface area contributed by atoms with E-state index in [1.165, 1.54) is 0 Å². The van der Waals surface area contributed by atoms with Gasteiger partial charge in [-0.05, 0) is 48.9 Å². The molecule has 0 radical (unpaired) electrons. The number of benzene rings is 2. The number of rotatable bonds is 13. The summed E-state index contributed by atoms with van der Waals surface area (Å²) in [4.78, 5) is 12.8. The van der Waals surface area contributed by atoms with E-state index in [0.717, 1.165) is 59.0 Å². The molecule has 0 saturated carbocycles. The molecule has 0 N–H and O–H groups in total. The van der Waals surface area contributed by atoms with E-state index in [-0.39, 0.29) is 11.2 Å². The monoisotopic (exact) mass is 503 g/mol. The van der Waals surface area contributed by atoms with Crippen molar-refractivity contribution in [1.29, 1.82) is 0 Å². The summed E-state index contributed by atoms with van der Waals surface area (Å²) < 4.78 is 23.1. The largest absolute Gasteiger partial charge is 0.496 e. The minimum Gasteiger partial charge on any atom is -0.496 e. The molecule has 0 heterocycles. The van der Waals surface area contributed by atoms with Crippen molar-refractivity contribution in [3.8, 4) is 23.0 Å². The van der Waals surface area contributed by atoms with Gasteiger partial charge in [-0.1, -0.05) is 39.8 Å². The van der Waals surface area contributed by atoms with Crippen LogP contribution >= 0.6 is 7.26 Å². The molecule has 2 aromatic carbocycles. The van der Waals surface area contributed by atoms with Crippen LogP contribution < -0.4 is 18.9 Å². The van der Waals surface area contributed by atoms with Gasteiger partial charge in [0.05, 0.1) is 58.1 Å². The quantitative estimate of drug-likeness (QED) is 0.273. The van der Waals surface area contributed by atoms with Crippen LogP contribution in [0.2, 0.25) is 0 Å². The minimum absolute atomic E-state index is 0.204. The van der Waals surface area contributed by atoms with Crippen molar-refractivity contribution in [1.82, 2.24) is 0 Å². The first-order valence-electron chi connectivity index (χ1n) is 12.2. The van der Waals surface area contributed by atoms with Gasteiger partial charge in [0, 0.05) is 7.26 Å². The van der Waals surface area contributed by atoms with E-state index in [1.807, 2.05) is 36.4 Å². The summed E-state index contributed by atoms with van der Waals surface area (Å²) in [7, 11) is 4.79. The topological polar surface area (TPSA) is 54.0 Å². The van der Waals surface area contributed by atoms with Crippen LogP contribution in [0.4, 0.5) is 0 Å². The standard InChI is InChI=1S/C29H44O5P/c1-21(16-29(3,4)5)17-35(18-22(2)30,19-23-25(31-6)12-10-13-26(23)32-7)20-24-27(33-8)14-11-15-28(24)34-9/h10-15,21H,16-20H2,1-9H3/q+1. The highest BCUT2D eigenvalue weighted by molar-refractivity contribution is 7.75. The summed E-state index contributed by atoms with van der Waals surface area (Å²) in [5.41, 5.74) is 2.27. The van der Waals surface area contributed by atoms with Crippen LogP contribution in [0, 0.1) is 11.3 Å². The lowest BCUT2D eigenvalue weighted by molar-refractivity contribution is -0.114. The molecular weight excluding hydrogens is 459 g/mol. The number of carbonyl (C=O) groups excluding carboxylic acids is 1. The number of hydrogen-bond acceptors (Lipinski definition) is 5. The zero-order valence-electron chi connectivity index (χ0n) is 23.1. The third-order valence-electron chi connectivity index (χ3n) is 6.26. The van der Waals surface area contributed by atoms with Gasteiger partial charge in [-0.15, -0.1) is 0 Å². The van der Waals surface area contributed by atoms with E-state index in [1.54, 1.807) is 35.4 Å².